The van der Waals surface area contributed by atoms with Crippen LogP contribution in [-0.2, 0) is 0 Å². The largest absolute Gasteiger partial charge is 0.496 e. The lowest BCUT2D eigenvalue weighted by Gasteiger charge is -2.27. The van der Waals surface area contributed by atoms with Crippen LogP contribution in [0.1, 0.15) is 17.2 Å². The van der Waals surface area contributed by atoms with Crippen molar-refractivity contribution in [3.8, 4) is 5.75 Å². The SMILES string of the molecule is COc1ccccc1[C@H](CNC(=S)Nc1ccc(C)cc1)N(C)C. The van der Waals surface area contributed by atoms with Crippen LogP contribution in [0, 0.1) is 6.92 Å². The standard InChI is InChI=1S/C19H25N3OS/c1-14-9-11-15(12-10-14)21-19(24)20-13-17(22(2)3)16-7-5-6-8-18(16)23-4/h5-12,17H,13H2,1-4H3,(H2,20,21,24)/t17-/m0/s1. The summed E-state index contributed by atoms with van der Waals surface area (Å²) in [7, 11) is 5.80. The topological polar surface area (TPSA) is 36.5 Å². The molecular weight excluding hydrogens is 318 g/mol. The number of anilines is 1. The van der Waals surface area contributed by atoms with Crippen LogP contribution in [0.2, 0.25) is 0 Å². The Morgan fingerprint density at radius 1 is 1.12 bits per heavy atom. The molecule has 0 saturated carbocycles. The van der Waals surface area contributed by atoms with E-state index >= 15 is 0 Å². The van der Waals surface area contributed by atoms with E-state index in [4.69, 9.17) is 17.0 Å². The van der Waals surface area contributed by atoms with Crippen molar-refractivity contribution >= 4 is 23.0 Å². The Balaban J connectivity index is 2.01. The van der Waals surface area contributed by atoms with Crippen LogP contribution in [0.3, 0.4) is 0 Å². The highest BCUT2D eigenvalue weighted by Gasteiger charge is 2.18. The molecule has 2 N–H and O–H groups in total. The molecule has 0 aliphatic rings. The Bertz CT molecular complexity index is 671. The lowest BCUT2D eigenvalue weighted by molar-refractivity contribution is 0.288. The van der Waals surface area contributed by atoms with Gasteiger partial charge in [0.15, 0.2) is 5.11 Å². The van der Waals surface area contributed by atoms with Gasteiger partial charge in [0.1, 0.15) is 5.75 Å². The molecule has 0 aliphatic carbocycles. The Kier molecular flexibility index (Phi) is 6.58. The van der Waals surface area contributed by atoms with E-state index in [1.807, 2.05) is 30.3 Å². The number of aryl methyl sites for hydroxylation is 1. The number of likely N-dealkylation sites (N-methyl/N-ethyl adjacent to an activating group) is 1. The van der Waals surface area contributed by atoms with Gasteiger partial charge in [-0.05, 0) is 51.4 Å². The molecule has 5 heteroatoms. The highest BCUT2D eigenvalue weighted by atomic mass is 32.1. The summed E-state index contributed by atoms with van der Waals surface area (Å²) in [5, 5.41) is 7.13. The first-order chi connectivity index (χ1) is 11.5. The number of para-hydroxylation sites is 1. The van der Waals surface area contributed by atoms with E-state index in [0.717, 1.165) is 17.0 Å². The van der Waals surface area contributed by atoms with Crippen molar-refractivity contribution in [2.45, 2.75) is 13.0 Å². The van der Waals surface area contributed by atoms with Crippen molar-refractivity contribution in [2.24, 2.45) is 0 Å². The molecule has 0 saturated heterocycles. The second-order valence-electron chi connectivity index (χ2n) is 5.92. The average molecular weight is 343 g/mol. The summed E-state index contributed by atoms with van der Waals surface area (Å²) in [4.78, 5) is 2.15. The summed E-state index contributed by atoms with van der Waals surface area (Å²) in [6.45, 7) is 2.75. The number of nitrogens with one attached hydrogen (secondary N) is 2. The quantitative estimate of drug-likeness (QED) is 0.784. The van der Waals surface area contributed by atoms with Crippen LogP contribution in [-0.4, -0.2) is 37.8 Å². The summed E-state index contributed by atoms with van der Waals surface area (Å²) in [5.74, 6) is 0.885. The molecule has 128 valence electrons. The van der Waals surface area contributed by atoms with Crippen molar-refractivity contribution in [3.05, 3.63) is 59.7 Å². The molecule has 0 aromatic heterocycles. The lowest BCUT2D eigenvalue weighted by atomic mass is 10.0. The molecule has 0 amide bonds. The minimum atomic E-state index is 0.152. The summed E-state index contributed by atoms with van der Waals surface area (Å²) in [6, 6.07) is 16.4. The van der Waals surface area contributed by atoms with E-state index in [1.54, 1.807) is 7.11 Å². The molecule has 0 spiro atoms. The fourth-order valence-corrected chi connectivity index (χ4v) is 2.72. The lowest BCUT2D eigenvalue weighted by Crippen LogP contribution is -2.36. The fourth-order valence-electron chi connectivity index (χ4n) is 2.51. The first kappa shape index (κ1) is 18.2. The van der Waals surface area contributed by atoms with E-state index in [2.05, 4.69) is 54.8 Å². The first-order valence-corrected chi connectivity index (χ1v) is 8.33. The third kappa shape index (κ3) is 4.94. The Morgan fingerprint density at radius 3 is 2.42 bits per heavy atom. The minimum Gasteiger partial charge on any atom is -0.496 e. The van der Waals surface area contributed by atoms with E-state index in [-0.39, 0.29) is 6.04 Å². The molecule has 1 atom stereocenters. The Hall–Kier alpha value is -2.11. The molecule has 0 heterocycles. The normalized spacial score (nSPS) is 11.9. The minimum absolute atomic E-state index is 0.152. The first-order valence-electron chi connectivity index (χ1n) is 7.92. The molecule has 0 bridgehead atoms. The highest BCUT2D eigenvalue weighted by molar-refractivity contribution is 7.80. The molecule has 2 aromatic rings. The van der Waals surface area contributed by atoms with Crippen LogP contribution in [0.25, 0.3) is 0 Å². The van der Waals surface area contributed by atoms with Crippen molar-refractivity contribution in [3.63, 3.8) is 0 Å². The number of hydrogen-bond donors (Lipinski definition) is 2. The van der Waals surface area contributed by atoms with Crippen molar-refractivity contribution in [2.75, 3.05) is 33.1 Å². The second-order valence-corrected chi connectivity index (χ2v) is 6.33. The molecular formula is C19H25N3OS. The van der Waals surface area contributed by atoms with Crippen molar-refractivity contribution < 1.29 is 4.74 Å². The maximum absolute atomic E-state index is 5.49. The van der Waals surface area contributed by atoms with Gasteiger partial charge in [-0.3, -0.25) is 0 Å². The van der Waals surface area contributed by atoms with Gasteiger partial charge in [-0.25, -0.2) is 0 Å². The van der Waals surface area contributed by atoms with E-state index in [0.29, 0.717) is 11.7 Å². The van der Waals surface area contributed by atoms with Crippen molar-refractivity contribution in [1.29, 1.82) is 0 Å². The van der Waals surface area contributed by atoms with Gasteiger partial charge in [-0.15, -0.1) is 0 Å². The zero-order chi connectivity index (χ0) is 17.5. The Labute approximate surface area is 149 Å². The number of thiocarbonyl (C=S) groups is 1. The number of ether oxygens (including phenoxy) is 1. The molecule has 0 radical (unpaired) electrons. The van der Waals surface area contributed by atoms with Crippen LogP contribution in [0.15, 0.2) is 48.5 Å². The van der Waals surface area contributed by atoms with Gasteiger partial charge in [0.05, 0.1) is 13.2 Å². The van der Waals surface area contributed by atoms with Gasteiger partial charge in [0.2, 0.25) is 0 Å². The average Bonchev–Trinajstić information content (AvgIpc) is 2.57. The number of nitrogens with zero attached hydrogens (tertiary/aromatic N) is 1. The van der Waals surface area contributed by atoms with Gasteiger partial charge in [0.25, 0.3) is 0 Å². The zero-order valence-electron chi connectivity index (χ0n) is 14.7. The summed E-state index contributed by atoms with van der Waals surface area (Å²) >= 11 is 5.41. The van der Waals surface area contributed by atoms with E-state index in [9.17, 15) is 0 Å². The van der Waals surface area contributed by atoms with Crippen molar-refractivity contribution in [1.82, 2.24) is 10.2 Å². The zero-order valence-corrected chi connectivity index (χ0v) is 15.5. The fraction of sp³-hybridized carbons (Fsp3) is 0.316. The molecule has 0 aliphatic heterocycles. The predicted molar refractivity (Wildman–Crippen MR) is 105 cm³/mol. The van der Waals surface area contributed by atoms with E-state index in [1.165, 1.54) is 5.56 Å². The van der Waals surface area contributed by atoms with Crippen LogP contribution in [0.5, 0.6) is 5.75 Å². The third-order valence-electron chi connectivity index (χ3n) is 3.89. The van der Waals surface area contributed by atoms with E-state index < -0.39 is 0 Å². The molecule has 4 nitrogen and oxygen atoms in total. The Morgan fingerprint density at radius 2 is 1.79 bits per heavy atom. The number of hydrogen-bond acceptors (Lipinski definition) is 3. The summed E-state index contributed by atoms with van der Waals surface area (Å²) in [6.07, 6.45) is 0. The van der Waals surface area contributed by atoms with Crippen LogP contribution >= 0.6 is 12.2 Å². The second kappa shape index (κ2) is 8.66. The van der Waals surface area contributed by atoms with Gasteiger partial charge >= 0.3 is 0 Å². The van der Waals surface area contributed by atoms with Gasteiger partial charge < -0.3 is 20.3 Å². The van der Waals surface area contributed by atoms with Crippen LogP contribution in [0.4, 0.5) is 5.69 Å². The summed E-state index contributed by atoms with van der Waals surface area (Å²) in [5.41, 5.74) is 3.34. The summed E-state index contributed by atoms with van der Waals surface area (Å²) < 4.78 is 5.49. The van der Waals surface area contributed by atoms with Gasteiger partial charge in [-0.2, -0.15) is 0 Å². The molecule has 0 unspecified atom stereocenters. The monoisotopic (exact) mass is 343 g/mol. The maximum Gasteiger partial charge on any atom is 0.170 e. The smallest absolute Gasteiger partial charge is 0.170 e. The molecule has 0 fully saturated rings. The molecule has 2 rings (SSSR count). The maximum atomic E-state index is 5.49. The molecule has 2 aromatic carbocycles. The van der Waals surface area contributed by atoms with Gasteiger partial charge in [-0.1, -0.05) is 35.9 Å². The van der Waals surface area contributed by atoms with Crippen LogP contribution < -0.4 is 15.4 Å². The number of benzene rings is 2. The number of rotatable bonds is 6. The highest BCUT2D eigenvalue weighted by Crippen LogP contribution is 2.27. The predicted octanol–water partition coefficient (Wildman–Crippen LogP) is 3.59. The molecule has 24 heavy (non-hydrogen) atoms. The number of methoxy groups -OCH3 is 1. The third-order valence-corrected chi connectivity index (χ3v) is 4.13. The van der Waals surface area contributed by atoms with Gasteiger partial charge in [0, 0.05) is 17.8 Å².